The van der Waals surface area contributed by atoms with Gasteiger partial charge in [0, 0.05) is 18.7 Å². The number of hydrogen-bond acceptors (Lipinski definition) is 7. The number of carbonyl (C=O) groups excluding carboxylic acids is 1. The molecule has 0 spiro atoms. The normalized spacial score (nSPS) is 14.6. The minimum atomic E-state index is -0.689. The lowest BCUT2D eigenvalue weighted by molar-refractivity contribution is -0.127. The van der Waals surface area contributed by atoms with Crippen molar-refractivity contribution in [3.05, 3.63) is 120 Å². The maximum absolute atomic E-state index is 14.2. The number of rotatable bonds is 11. The van der Waals surface area contributed by atoms with E-state index in [1.54, 1.807) is 16.6 Å². The van der Waals surface area contributed by atoms with Crippen LogP contribution in [0.1, 0.15) is 50.4 Å². The van der Waals surface area contributed by atoms with E-state index in [-0.39, 0.29) is 11.5 Å². The number of para-hydroxylation sites is 1. The van der Waals surface area contributed by atoms with Crippen LogP contribution in [-0.2, 0) is 11.4 Å². The van der Waals surface area contributed by atoms with Gasteiger partial charge in [0.15, 0.2) is 16.3 Å². The van der Waals surface area contributed by atoms with Gasteiger partial charge in [-0.05, 0) is 63.1 Å². The minimum Gasteiger partial charge on any atom is -0.496 e. The van der Waals surface area contributed by atoms with Crippen molar-refractivity contribution in [1.29, 1.82) is 0 Å². The van der Waals surface area contributed by atoms with Gasteiger partial charge in [0.2, 0.25) is 0 Å². The van der Waals surface area contributed by atoms with Gasteiger partial charge in [-0.3, -0.25) is 14.2 Å². The van der Waals surface area contributed by atoms with E-state index in [1.165, 1.54) is 11.3 Å². The number of hydrogen-bond donors (Lipinski definition) is 0. The summed E-state index contributed by atoms with van der Waals surface area (Å²) in [4.78, 5) is 35.1. The molecule has 9 heteroatoms. The average molecular weight is 612 g/mol. The monoisotopic (exact) mass is 611 g/mol. The van der Waals surface area contributed by atoms with E-state index in [0.717, 1.165) is 16.7 Å². The van der Waals surface area contributed by atoms with Crippen LogP contribution in [0.15, 0.2) is 93.9 Å². The number of carbonyl (C=O) groups is 1. The van der Waals surface area contributed by atoms with Crippen molar-refractivity contribution < 1.29 is 19.0 Å². The van der Waals surface area contributed by atoms with Crippen molar-refractivity contribution in [2.45, 2.75) is 40.3 Å². The molecule has 228 valence electrons. The van der Waals surface area contributed by atoms with Gasteiger partial charge in [0.25, 0.3) is 11.5 Å². The van der Waals surface area contributed by atoms with Crippen LogP contribution in [-0.4, -0.2) is 42.2 Å². The van der Waals surface area contributed by atoms with Gasteiger partial charge in [0.1, 0.15) is 18.4 Å². The largest absolute Gasteiger partial charge is 0.496 e. The van der Waals surface area contributed by atoms with E-state index in [0.29, 0.717) is 64.2 Å². The Morgan fingerprint density at radius 3 is 2.39 bits per heavy atom. The fourth-order valence-corrected chi connectivity index (χ4v) is 6.40. The molecule has 8 nitrogen and oxygen atoms in total. The Kier molecular flexibility index (Phi) is 9.65. The molecule has 1 aliphatic heterocycles. The van der Waals surface area contributed by atoms with Gasteiger partial charge in [-0.1, -0.05) is 65.9 Å². The van der Waals surface area contributed by atoms with Gasteiger partial charge in [0.05, 0.1) is 29.5 Å². The zero-order valence-electron chi connectivity index (χ0n) is 25.7. The van der Waals surface area contributed by atoms with Crippen LogP contribution >= 0.6 is 11.3 Å². The number of methoxy groups -OCH3 is 1. The first-order valence-electron chi connectivity index (χ1n) is 14.8. The standard InChI is InChI=1S/C35H37N3O5S/c1-6-37(7-2)34(40)31-23(4)36-35-38(32(31)26-16-12-13-17-27(26)41-5)33(39)30(44-35)21-25-18-19-28(29(20-25)42-8-3)43-22-24-14-10-9-11-15-24/h9-21,32H,6-8,22H2,1-5H3/b30-21+/t32-/m0/s1. The first-order valence-corrected chi connectivity index (χ1v) is 15.6. The first-order chi connectivity index (χ1) is 21.4. The third kappa shape index (κ3) is 6.19. The van der Waals surface area contributed by atoms with Gasteiger partial charge < -0.3 is 19.1 Å². The van der Waals surface area contributed by atoms with E-state index in [1.807, 2.05) is 107 Å². The lowest BCUT2D eigenvalue weighted by atomic mass is 9.94. The molecule has 1 aromatic heterocycles. The molecule has 5 rings (SSSR count). The number of ether oxygens (including phenoxy) is 3. The molecule has 1 amide bonds. The highest BCUT2D eigenvalue weighted by atomic mass is 32.1. The smallest absolute Gasteiger partial charge is 0.271 e. The molecular weight excluding hydrogens is 574 g/mol. The molecule has 3 aromatic carbocycles. The molecule has 2 heterocycles. The van der Waals surface area contributed by atoms with Gasteiger partial charge in [-0.2, -0.15) is 0 Å². The van der Waals surface area contributed by atoms with Crippen LogP contribution in [0.2, 0.25) is 0 Å². The van der Waals surface area contributed by atoms with Crippen LogP contribution in [0.25, 0.3) is 6.08 Å². The SMILES string of the molecule is CCOc1cc(/C=c2/sc3n(c2=O)[C@@H](c2ccccc2OC)C(C(=O)N(CC)CC)=C(C)N=3)ccc1OCc1ccccc1. The van der Waals surface area contributed by atoms with Crippen molar-refractivity contribution in [2.24, 2.45) is 4.99 Å². The highest BCUT2D eigenvalue weighted by molar-refractivity contribution is 7.07. The lowest BCUT2D eigenvalue weighted by Crippen LogP contribution is -2.43. The maximum Gasteiger partial charge on any atom is 0.271 e. The van der Waals surface area contributed by atoms with E-state index < -0.39 is 6.04 Å². The van der Waals surface area contributed by atoms with Crippen LogP contribution in [0.3, 0.4) is 0 Å². The highest BCUT2D eigenvalue weighted by Gasteiger charge is 2.35. The summed E-state index contributed by atoms with van der Waals surface area (Å²) >= 11 is 1.29. The summed E-state index contributed by atoms with van der Waals surface area (Å²) in [5.41, 5.74) is 3.39. The van der Waals surface area contributed by atoms with Crippen LogP contribution in [0.4, 0.5) is 0 Å². The van der Waals surface area contributed by atoms with Crippen molar-refractivity contribution >= 4 is 23.3 Å². The second kappa shape index (κ2) is 13.8. The Morgan fingerprint density at radius 2 is 1.68 bits per heavy atom. The van der Waals surface area contributed by atoms with Crippen LogP contribution in [0, 0.1) is 0 Å². The number of fused-ring (bicyclic) bond motifs is 1. The molecule has 0 unspecified atom stereocenters. The van der Waals surface area contributed by atoms with Crippen molar-refractivity contribution in [1.82, 2.24) is 9.47 Å². The average Bonchev–Trinajstić information content (AvgIpc) is 3.34. The number of benzene rings is 3. The van der Waals surface area contributed by atoms with Crippen molar-refractivity contribution in [3.63, 3.8) is 0 Å². The molecule has 0 bridgehead atoms. The fraction of sp³-hybridized carbons (Fsp3) is 0.286. The molecule has 0 N–H and O–H groups in total. The molecule has 44 heavy (non-hydrogen) atoms. The Bertz CT molecular complexity index is 1860. The number of thiazole rings is 1. The van der Waals surface area contributed by atoms with E-state index >= 15 is 0 Å². The molecule has 0 saturated heterocycles. The maximum atomic E-state index is 14.2. The second-order valence-electron chi connectivity index (χ2n) is 10.2. The Morgan fingerprint density at radius 1 is 0.955 bits per heavy atom. The Balaban J connectivity index is 1.60. The molecule has 0 aliphatic carbocycles. The fourth-order valence-electron chi connectivity index (χ4n) is 5.35. The molecule has 4 aromatic rings. The summed E-state index contributed by atoms with van der Waals surface area (Å²) < 4.78 is 19.8. The Hall–Kier alpha value is -4.63. The number of allylic oxidation sites excluding steroid dienone is 1. The number of amides is 1. The summed E-state index contributed by atoms with van der Waals surface area (Å²) in [6.45, 7) is 9.61. The minimum absolute atomic E-state index is 0.145. The van der Waals surface area contributed by atoms with Crippen molar-refractivity contribution in [3.8, 4) is 17.2 Å². The summed E-state index contributed by atoms with van der Waals surface area (Å²) in [6.07, 6.45) is 1.83. The molecule has 1 atom stereocenters. The molecule has 0 saturated carbocycles. The molecule has 0 fully saturated rings. The number of aromatic nitrogens is 1. The summed E-state index contributed by atoms with van der Waals surface area (Å²) in [5.74, 6) is 1.67. The van der Waals surface area contributed by atoms with E-state index in [9.17, 15) is 9.59 Å². The predicted octanol–water partition coefficient (Wildman–Crippen LogP) is 5.09. The zero-order valence-corrected chi connectivity index (χ0v) is 26.5. The third-order valence-corrected chi connectivity index (χ3v) is 8.52. The first kappa shape index (κ1) is 30.8. The summed E-state index contributed by atoms with van der Waals surface area (Å²) in [6, 6.07) is 22.4. The number of nitrogens with zero attached hydrogens (tertiary/aromatic N) is 3. The lowest BCUT2D eigenvalue weighted by Gasteiger charge is -2.29. The molecular formula is C35H37N3O5S. The van der Waals surface area contributed by atoms with Gasteiger partial charge >= 0.3 is 0 Å². The zero-order chi connectivity index (χ0) is 31.2. The molecule has 0 radical (unpaired) electrons. The van der Waals surface area contributed by atoms with E-state index in [2.05, 4.69) is 0 Å². The topological polar surface area (TPSA) is 82.4 Å². The summed E-state index contributed by atoms with van der Waals surface area (Å²) in [5, 5.41) is 0. The predicted molar refractivity (Wildman–Crippen MR) is 173 cm³/mol. The second-order valence-corrected chi connectivity index (χ2v) is 11.2. The van der Waals surface area contributed by atoms with Crippen LogP contribution in [0.5, 0.6) is 17.2 Å². The Labute approximate surface area is 261 Å². The van der Waals surface area contributed by atoms with E-state index in [4.69, 9.17) is 19.2 Å². The quantitative estimate of drug-likeness (QED) is 0.236. The van der Waals surface area contributed by atoms with Gasteiger partial charge in [-0.15, -0.1) is 0 Å². The third-order valence-electron chi connectivity index (χ3n) is 7.54. The number of likely N-dealkylation sites (N-methyl/N-ethyl adjacent to an activating group) is 1. The summed E-state index contributed by atoms with van der Waals surface area (Å²) in [7, 11) is 1.59. The van der Waals surface area contributed by atoms with Gasteiger partial charge in [-0.25, -0.2) is 4.99 Å². The molecule has 1 aliphatic rings. The van der Waals surface area contributed by atoms with Crippen LogP contribution < -0.4 is 29.1 Å². The highest BCUT2D eigenvalue weighted by Crippen LogP contribution is 2.36. The van der Waals surface area contributed by atoms with Crippen molar-refractivity contribution in [2.75, 3.05) is 26.8 Å².